The van der Waals surface area contributed by atoms with Gasteiger partial charge in [-0.15, -0.1) is 0 Å². The van der Waals surface area contributed by atoms with Crippen molar-refractivity contribution in [2.75, 3.05) is 11.9 Å². The van der Waals surface area contributed by atoms with Crippen LogP contribution in [0.5, 0.6) is 0 Å². The Hall–Kier alpha value is -2.23. The molecule has 0 saturated heterocycles. The van der Waals surface area contributed by atoms with Crippen LogP contribution in [0.3, 0.4) is 0 Å². The van der Waals surface area contributed by atoms with Crippen LogP contribution in [0.4, 0.5) is 5.69 Å². The van der Waals surface area contributed by atoms with Crippen molar-refractivity contribution in [3.8, 4) is 0 Å². The van der Waals surface area contributed by atoms with Gasteiger partial charge in [0, 0.05) is 17.8 Å². The van der Waals surface area contributed by atoms with E-state index in [1.807, 2.05) is 57.2 Å². The summed E-state index contributed by atoms with van der Waals surface area (Å²) in [5.41, 5.74) is 1.62. The van der Waals surface area contributed by atoms with Gasteiger partial charge >= 0.3 is 0 Å². The maximum atomic E-state index is 11.7. The molecule has 1 aromatic heterocycles. The van der Waals surface area contributed by atoms with Crippen molar-refractivity contribution in [3.63, 3.8) is 0 Å². The van der Waals surface area contributed by atoms with Crippen LogP contribution in [0.25, 0.3) is 0 Å². The monoisotopic (exact) mass is 272 g/mol. The Balaban J connectivity index is 2.01. The molecule has 2 rings (SSSR count). The smallest absolute Gasteiger partial charge is 0.251 e. The second-order valence-electron chi connectivity index (χ2n) is 4.75. The Morgan fingerprint density at radius 1 is 1.20 bits per heavy atom. The van der Waals surface area contributed by atoms with Crippen molar-refractivity contribution >= 4 is 11.6 Å². The van der Waals surface area contributed by atoms with Crippen LogP contribution in [-0.4, -0.2) is 12.5 Å². The summed E-state index contributed by atoms with van der Waals surface area (Å²) in [6.07, 6.45) is 0. The number of furan rings is 1. The van der Waals surface area contributed by atoms with Crippen molar-refractivity contribution in [2.45, 2.75) is 26.8 Å². The fourth-order valence-corrected chi connectivity index (χ4v) is 1.99. The first-order valence-corrected chi connectivity index (χ1v) is 6.81. The van der Waals surface area contributed by atoms with Crippen molar-refractivity contribution in [3.05, 3.63) is 53.5 Å². The van der Waals surface area contributed by atoms with E-state index < -0.39 is 0 Å². The highest BCUT2D eigenvalue weighted by Crippen LogP contribution is 2.21. The Morgan fingerprint density at radius 2 is 1.90 bits per heavy atom. The molecular weight excluding hydrogens is 252 g/mol. The third kappa shape index (κ3) is 3.41. The summed E-state index contributed by atoms with van der Waals surface area (Å²) < 4.78 is 5.58. The highest BCUT2D eigenvalue weighted by atomic mass is 16.3. The highest BCUT2D eigenvalue weighted by molar-refractivity contribution is 5.94. The number of benzene rings is 1. The number of rotatable bonds is 5. The van der Waals surface area contributed by atoms with E-state index in [0.29, 0.717) is 12.1 Å². The highest BCUT2D eigenvalue weighted by Gasteiger charge is 2.10. The minimum Gasteiger partial charge on any atom is -0.464 e. The fraction of sp³-hybridized carbons (Fsp3) is 0.312. The zero-order chi connectivity index (χ0) is 14.5. The van der Waals surface area contributed by atoms with Gasteiger partial charge in [-0.3, -0.25) is 4.79 Å². The van der Waals surface area contributed by atoms with Gasteiger partial charge in [0.05, 0.1) is 6.04 Å². The molecule has 1 aromatic carbocycles. The van der Waals surface area contributed by atoms with Crippen molar-refractivity contribution in [1.29, 1.82) is 0 Å². The molecule has 106 valence electrons. The average molecular weight is 272 g/mol. The molecule has 1 atom stereocenters. The fourth-order valence-electron chi connectivity index (χ4n) is 1.99. The lowest BCUT2D eigenvalue weighted by Gasteiger charge is -2.13. The third-order valence-electron chi connectivity index (χ3n) is 3.06. The number of carbonyl (C=O) groups excluding carboxylic acids is 1. The van der Waals surface area contributed by atoms with E-state index in [4.69, 9.17) is 4.42 Å². The number of anilines is 1. The third-order valence-corrected chi connectivity index (χ3v) is 3.06. The van der Waals surface area contributed by atoms with Crippen LogP contribution in [0.15, 0.2) is 40.8 Å². The first kappa shape index (κ1) is 14.2. The molecule has 1 amide bonds. The van der Waals surface area contributed by atoms with Crippen LogP contribution in [0.1, 0.15) is 41.8 Å². The quantitative estimate of drug-likeness (QED) is 0.875. The zero-order valence-corrected chi connectivity index (χ0v) is 12.1. The summed E-state index contributed by atoms with van der Waals surface area (Å²) in [6.45, 7) is 6.50. The summed E-state index contributed by atoms with van der Waals surface area (Å²) in [4.78, 5) is 11.7. The van der Waals surface area contributed by atoms with Crippen LogP contribution < -0.4 is 10.6 Å². The van der Waals surface area contributed by atoms with Crippen molar-refractivity contribution < 1.29 is 9.21 Å². The standard InChI is InChI=1S/C16H20N2O2/c1-4-17-16(19)13-6-8-14(9-7-13)18-12(3)15-10-5-11(2)20-15/h5-10,12,18H,4H2,1-3H3,(H,17,19). The Labute approximate surface area is 119 Å². The Morgan fingerprint density at radius 3 is 2.45 bits per heavy atom. The van der Waals surface area contributed by atoms with Gasteiger partial charge in [-0.05, 0) is 57.2 Å². The normalized spacial score (nSPS) is 11.9. The lowest BCUT2D eigenvalue weighted by atomic mass is 10.1. The summed E-state index contributed by atoms with van der Waals surface area (Å²) in [5, 5.41) is 6.12. The number of aryl methyl sites for hydroxylation is 1. The molecule has 1 heterocycles. The van der Waals surface area contributed by atoms with Gasteiger partial charge in [-0.25, -0.2) is 0 Å². The molecule has 0 bridgehead atoms. The molecule has 0 saturated carbocycles. The second-order valence-corrected chi connectivity index (χ2v) is 4.75. The molecule has 4 nitrogen and oxygen atoms in total. The molecule has 0 aliphatic carbocycles. The molecule has 1 unspecified atom stereocenters. The minimum absolute atomic E-state index is 0.0474. The Kier molecular flexibility index (Phi) is 4.45. The van der Waals surface area contributed by atoms with Crippen LogP contribution in [0.2, 0.25) is 0 Å². The van der Waals surface area contributed by atoms with Gasteiger partial charge in [0.25, 0.3) is 5.91 Å². The van der Waals surface area contributed by atoms with E-state index >= 15 is 0 Å². The predicted molar refractivity (Wildman–Crippen MR) is 79.9 cm³/mol. The topological polar surface area (TPSA) is 54.3 Å². The second kappa shape index (κ2) is 6.28. The van der Waals surface area contributed by atoms with Crippen molar-refractivity contribution in [2.24, 2.45) is 0 Å². The number of hydrogen-bond acceptors (Lipinski definition) is 3. The molecular formula is C16H20N2O2. The molecule has 0 aliphatic heterocycles. The van der Waals surface area contributed by atoms with Gasteiger partial charge in [-0.2, -0.15) is 0 Å². The number of nitrogens with one attached hydrogen (secondary N) is 2. The minimum atomic E-state index is -0.0474. The number of carbonyl (C=O) groups is 1. The lowest BCUT2D eigenvalue weighted by Crippen LogP contribution is -2.22. The molecule has 2 aromatic rings. The summed E-state index contributed by atoms with van der Waals surface area (Å²) in [6, 6.07) is 11.4. The van der Waals surface area contributed by atoms with E-state index in [1.54, 1.807) is 0 Å². The molecule has 0 spiro atoms. The van der Waals surface area contributed by atoms with Crippen LogP contribution in [0, 0.1) is 6.92 Å². The van der Waals surface area contributed by atoms with Gasteiger partial charge in [-0.1, -0.05) is 0 Å². The summed E-state index contributed by atoms with van der Waals surface area (Å²) in [7, 11) is 0. The van der Waals surface area contributed by atoms with Crippen molar-refractivity contribution in [1.82, 2.24) is 5.32 Å². The average Bonchev–Trinajstić information content (AvgIpc) is 2.86. The van der Waals surface area contributed by atoms with Gasteiger partial charge in [0.15, 0.2) is 0 Å². The molecule has 2 N–H and O–H groups in total. The summed E-state index contributed by atoms with van der Waals surface area (Å²) >= 11 is 0. The maximum Gasteiger partial charge on any atom is 0.251 e. The van der Waals surface area contributed by atoms with E-state index in [9.17, 15) is 4.79 Å². The first-order valence-electron chi connectivity index (χ1n) is 6.81. The van der Waals surface area contributed by atoms with E-state index in [-0.39, 0.29) is 11.9 Å². The molecule has 20 heavy (non-hydrogen) atoms. The van der Waals surface area contributed by atoms with E-state index in [0.717, 1.165) is 17.2 Å². The van der Waals surface area contributed by atoms with Gasteiger partial charge in [0.2, 0.25) is 0 Å². The number of amides is 1. The first-order chi connectivity index (χ1) is 9.60. The zero-order valence-electron chi connectivity index (χ0n) is 12.1. The van der Waals surface area contributed by atoms with Crippen LogP contribution in [-0.2, 0) is 0 Å². The lowest BCUT2D eigenvalue weighted by molar-refractivity contribution is 0.0956. The number of hydrogen-bond donors (Lipinski definition) is 2. The van der Waals surface area contributed by atoms with E-state index in [2.05, 4.69) is 10.6 Å². The summed E-state index contributed by atoms with van der Waals surface area (Å²) in [5.74, 6) is 1.75. The molecule has 0 aliphatic rings. The van der Waals surface area contributed by atoms with Crippen LogP contribution >= 0.6 is 0 Å². The SMILES string of the molecule is CCNC(=O)c1ccc(NC(C)c2ccc(C)o2)cc1. The molecule has 0 fully saturated rings. The van der Waals surface area contributed by atoms with Gasteiger partial charge < -0.3 is 15.1 Å². The largest absolute Gasteiger partial charge is 0.464 e. The van der Waals surface area contributed by atoms with Gasteiger partial charge in [0.1, 0.15) is 11.5 Å². The molecule has 0 radical (unpaired) electrons. The van der Waals surface area contributed by atoms with E-state index in [1.165, 1.54) is 0 Å². The maximum absolute atomic E-state index is 11.7. The Bertz CT molecular complexity index is 572. The molecule has 4 heteroatoms. The predicted octanol–water partition coefficient (Wildman–Crippen LogP) is 3.51.